The Labute approximate surface area is 178 Å². The molecule has 0 bridgehead atoms. The summed E-state index contributed by atoms with van der Waals surface area (Å²) in [5.41, 5.74) is 1.09. The number of benzene rings is 2. The van der Waals surface area contributed by atoms with Crippen molar-refractivity contribution in [3.63, 3.8) is 0 Å². The first kappa shape index (κ1) is 22.1. The molecule has 0 spiro atoms. The van der Waals surface area contributed by atoms with Crippen LogP contribution in [0.4, 0.5) is 0 Å². The summed E-state index contributed by atoms with van der Waals surface area (Å²) in [4.78, 5) is 12.9. The minimum atomic E-state index is -3.66. The van der Waals surface area contributed by atoms with E-state index in [1.54, 1.807) is 7.11 Å². The molecule has 1 fully saturated rings. The fourth-order valence-corrected chi connectivity index (χ4v) is 4.92. The smallest absolute Gasteiger partial charge is 0.255 e. The quantitative estimate of drug-likeness (QED) is 0.727. The van der Waals surface area contributed by atoms with Gasteiger partial charge in [-0.15, -0.1) is 0 Å². The Hall–Kier alpha value is -2.58. The normalized spacial score (nSPS) is 15.6. The van der Waals surface area contributed by atoms with Gasteiger partial charge in [-0.1, -0.05) is 19.1 Å². The molecule has 1 aliphatic rings. The Bertz CT molecular complexity index is 981. The van der Waals surface area contributed by atoms with Crippen LogP contribution in [-0.4, -0.2) is 45.9 Å². The summed E-state index contributed by atoms with van der Waals surface area (Å²) in [6.45, 7) is 3.42. The van der Waals surface area contributed by atoms with Crippen molar-refractivity contribution >= 4 is 15.9 Å². The number of nitrogens with one attached hydrogen (secondary N) is 1. The number of carbonyl (C=O) groups is 1. The van der Waals surface area contributed by atoms with Crippen LogP contribution in [0.2, 0.25) is 0 Å². The number of hydrogen-bond donors (Lipinski definition) is 1. The summed E-state index contributed by atoms with van der Waals surface area (Å²) in [6.07, 6.45) is 1.68. The highest BCUT2D eigenvalue weighted by Crippen LogP contribution is 2.27. The van der Waals surface area contributed by atoms with Crippen LogP contribution < -0.4 is 14.8 Å². The first-order valence-corrected chi connectivity index (χ1v) is 11.4. The van der Waals surface area contributed by atoms with Gasteiger partial charge in [0.1, 0.15) is 11.5 Å². The molecule has 0 aliphatic carbocycles. The van der Waals surface area contributed by atoms with Crippen LogP contribution >= 0.6 is 0 Å². The molecule has 2 aromatic carbocycles. The van der Waals surface area contributed by atoms with Crippen LogP contribution in [-0.2, 0) is 16.6 Å². The van der Waals surface area contributed by atoms with E-state index in [1.165, 1.54) is 29.6 Å². The molecule has 3 rings (SSSR count). The highest BCUT2D eigenvalue weighted by atomic mass is 32.2. The molecule has 2 aromatic rings. The first-order valence-electron chi connectivity index (χ1n) is 9.94. The lowest BCUT2D eigenvalue weighted by Gasteiger charge is -2.29. The number of methoxy groups -OCH3 is 2. The Morgan fingerprint density at radius 2 is 1.73 bits per heavy atom. The number of sulfonamides is 1. The number of ether oxygens (including phenoxy) is 2. The maximum absolute atomic E-state index is 13.0. The topological polar surface area (TPSA) is 84.9 Å². The van der Waals surface area contributed by atoms with Crippen molar-refractivity contribution in [2.45, 2.75) is 31.2 Å². The van der Waals surface area contributed by atoms with Crippen LogP contribution in [0.1, 0.15) is 35.7 Å². The van der Waals surface area contributed by atoms with Crippen LogP contribution in [0, 0.1) is 5.92 Å². The molecule has 1 aliphatic heterocycles. The molecule has 1 N–H and O–H groups in total. The minimum Gasteiger partial charge on any atom is -0.497 e. The van der Waals surface area contributed by atoms with Gasteiger partial charge in [0, 0.05) is 19.6 Å². The molecule has 8 heteroatoms. The van der Waals surface area contributed by atoms with Gasteiger partial charge in [0.15, 0.2) is 0 Å². The van der Waals surface area contributed by atoms with Crippen molar-refractivity contribution in [3.05, 3.63) is 53.6 Å². The fourth-order valence-electron chi connectivity index (χ4n) is 3.42. The fraction of sp³-hybridized carbons (Fsp3) is 0.409. The summed E-state index contributed by atoms with van der Waals surface area (Å²) in [6, 6.07) is 11.8. The summed E-state index contributed by atoms with van der Waals surface area (Å²) in [5, 5.41) is 2.82. The van der Waals surface area contributed by atoms with E-state index in [4.69, 9.17) is 9.47 Å². The Kier molecular flexibility index (Phi) is 6.99. The molecule has 1 amide bonds. The lowest BCUT2D eigenvalue weighted by atomic mass is 10.0. The van der Waals surface area contributed by atoms with Crippen LogP contribution in [0.3, 0.4) is 0 Å². The van der Waals surface area contributed by atoms with Gasteiger partial charge in [-0.2, -0.15) is 4.31 Å². The van der Waals surface area contributed by atoms with Crippen molar-refractivity contribution in [2.75, 3.05) is 27.3 Å². The van der Waals surface area contributed by atoms with Gasteiger partial charge in [-0.3, -0.25) is 4.79 Å². The predicted octanol–water partition coefficient (Wildman–Crippen LogP) is 3.05. The van der Waals surface area contributed by atoms with E-state index in [-0.39, 0.29) is 10.5 Å². The van der Waals surface area contributed by atoms with Gasteiger partial charge in [-0.05, 0) is 54.7 Å². The largest absolute Gasteiger partial charge is 0.497 e. The molecular weight excluding hydrogens is 404 g/mol. The number of piperidine rings is 1. The molecule has 7 nitrogen and oxygen atoms in total. The molecule has 162 valence electrons. The highest BCUT2D eigenvalue weighted by Gasteiger charge is 2.29. The van der Waals surface area contributed by atoms with E-state index >= 15 is 0 Å². The highest BCUT2D eigenvalue weighted by molar-refractivity contribution is 7.89. The van der Waals surface area contributed by atoms with Crippen LogP contribution in [0.5, 0.6) is 11.5 Å². The molecule has 0 atom stereocenters. The Morgan fingerprint density at radius 3 is 2.33 bits per heavy atom. The van der Waals surface area contributed by atoms with Crippen LogP contribution in [0.15, 0.2) is 47.4 Å². The molecule has 30 heavy (non-hydrogen) atoms. The van der Waals surface area contributed by atoms with E-state index in [2.05, 4.69) is 12.2 Å². The minimum absolute atomic E-state index is 0.104. The summed E-state index contributed by atoms with van der Waals surface area (Å²) in [5.74, 6) is 1.18. The third-order valence-corrected chi connectivity index (χ3v) is 7.30. The molecule has 0 aromatic heterocycles. The zero-order valence-corrected chi connectivity index (χ0v) is 18.4. The molecule has 0 saturated carbocycles. The van der Waals surface area contributed by atoms with Gasteiger partial charge in [0.2, 0.25) is 10.0 Å². The van der Waals surface area contributed by atoms with E-state index < -0.39 is 15.9 Å². The average Bonchev–Trinajstić information content (AvgIpc) is 2.77. The van der Waals surface area contributed by atoms with Crippen molar-refractivity contribution in [1.82, 2.24) is 9.62 Å². The number of rotatable bonds is 7. The van der Waals surface area contributed by atoms with Gasteiger partial charge < -0.3 is 14.8 Å². The zero-order chi connectivity index (χ0) is 21.7. The molecule has 0 unspecified atom stereocenters. The second kappa shape index (κ2) is 9.49. The van der Waals surface area contributed by atoms with E-state index in [0.29, 0.717) is 31.3 Å². The monoisotopic (exact) mass is 432 g/mol. The van der Waals surface area contributed by atoms with Gasteiger partial charge in [-0.25, -0.2) is 8.42 Å². The second-order valence-electron chi connectivity index (χ2n) is 7.48. The molecule has 1 heterocycles. The SMILES string of the molecule is COc1ccc(CNC(=O)c2cc(S(=O)(=O)N3CCC(C)CC3)ccc2OC)cc1. The van der Waals surface area contributed by atoms with E-state index in [1.807, 2.05) is 24.3 Å². The second-order valence-corrected chi connectivity index (χ2v) is 9.42. The van der Waals surface area contributed by atoms with Crippen molar-refractivity contribution in [1.29, 1.82) is 0 Å². The van der Waals surface area contributed by atoms with Crippen molar-refractivity contribution < 1.29 is 22.7 Å². The zero-order valence-electron chi connectivity index (χ0n) is 17.6. The van der Waals surface area contributed by atoms with Crippen molar-refractivity contribution in [3.8, 4) is 11.5 Å². The maximum atomic E-state index is 13.0. The number of carbonyl (C=O) groups excluding carboxylic acids is 1. The molecule has 1 saturated heterocycles. The maximum Gasteiger partial charge on any atom is 0.255 e. The summed E-state index contributed by atoms with van der Waals surface area (Å²) < 4.78 is 38.0. The van der Waals surface area contributed by atoms with E-state index in [0.717, 1.165) is 24.2 Å². The van der Waals surface area contributed by atoms with E-state index in [9.17, 15) is 13.2 Å². The lowest BCUT2D eigenvalue weighted by Crippen LogP contribution is -2.38. The molecule has 0 radical (unpaired) electrons. The Morgan fingerprint density at radius 1 is 1.07 bits per heavy atom. The molecular formula is C22H28N2O5S. The van der Waals surface area contributed by atoms with Crippen LogP contribution in [0.25, 0.3) is 0 Å². The van der Waals surface area contributed by atoms with Crippen molar-refractivity contribution in [2.24, 2.45) is 5.92 Å². The number of amides is 1. The number of nitrogens with zero attached hydrogens (tertiary/aromatic N) is 1. The third-order valence-electron chi connectivity index (χ3n) is 5.41. The van der Waals surface area contributed by atoms with Gasteiger partial charge in [0.05, 0.1) is 24.7 Å². The third kappa shape index (κ3) is 4.94. The summed E-state index contributed by atoms with van der Waals surface area (Å²) in [7, 11) is -0.611. The van der Waals surface area contributed by atoms with Gasteiger partial charge in [0.25, 0.3) is 5.91 Å². The standard InChI is InChI=1S/C22H28N2O5S/c1-16-10-12-24(13-11-16)30(26,27)19-8-9-21(29-3)20(14-19)22(25)23-15-17-4-6-18(28-2)7-5-17/h4-9,14,16H,10-13,15H2,1-3H3,(H,23,25). The van der Waals surface area contributed by atoms with Gasteiger partial charge >= 0.3 is 0 Å². The summed E-state index contributed by atoms with van der Waals surface area (Å²) >= 11 is 0. The average molecular weight is 433 g/mol. The Balaban J connectivity index is 1.78. The predicted molar refractivity (Wildman–Crippen MR) is 114 cm³/mol. The first-order chi connectivity index (χ1) is 14.3. The lowest BCUT2D eigenvalue weighted by molar-refractivity contribution is 0.0947. The number of hydrogen-bond acceptors (Lipinski definition) is 5.